The number of para-hydroxylation sites is 1. The number of nitrogens with zero attached hydrogens (tertiary/aromatic N) is 1. The summed E-state index contributed by atoms with van der Waals surface area (Å²) < 4.78 is 0. The molecule has 0 spiro atoms. The number of unbranched alkanes of at least 4 members (excludes halogenated alkanes) is 1. The summed E-state index contributed by atoms with van der Waals surface area (Å²) in [6, 6.07) is 11.4. The van der Waals surface area contributed by atoms with Gasteiger partial charge in [-0.15, -0.1) is 0 Å². The molecule has 1 aliphatic heterocycles. The summed E-state index contributed by atoms with van der Waals surface area (Å²) in [5, 5.41) is 15.3. The van der Waals surface area contributed by atoms with Crippen molar-refractivity contribution in [3.63, 3.8) is 0 Å². The van der Waals surface area contributed by atoms with Crippen LogP contribution in [0.5, 0.6) is 0 Å². The number of hydrogen-bond donors (Lipinski definition) is 5. The summed E-state index contributed by atoms with van der Waals surface area (Å²) >= 11 is 0. The van der Waals surface area contributed by atoms with Gasteiger partial charge in [-0.2, -0.15) is 0 Å². The van der Waals surface area contributed by atoms with Crippen LogP contribution in [0.2, 0.25) is 0 Å². The number of fused-ring (bicyclic) bond motifs is 2. The van der Waals surface area contributed by atoms with Crippen molar-refractivity contribution >= 4 is 35.0 Å². The number of amides is 2. The highest BCUT2D eigenvalue weighted by Gasteiger charge is 2.14. The third kappa shape index (κ3) is 8.25. The van der Waals surface area contributed by atoms with Gasteiger partial charge in [0.1, 0.15) is 5.69 Å². The van der Waals surface area contributed by atoms with E-state index >= 15 is 0 Å². The molecule has 37 heavy (non-hydrogen) atoms. The first-order valence-corrected chi connectivity index (χ1v) is 12.4. The fourth-order valence-corrected chi connectivity index (χ4v) is 4.15. The second kappa shape index (κ2) is 13.9. The highest BCUT2D eigenvalue weighted by Crippen LogP contribution is 2.20. The summed E-state index contributed by atoms with van der Waals surface area (Å²) in [7, 11) is 0. The number of H-pyrrole nitrogens is 1. The summed E-state index contributed by atoms with van der Waals surface area (Å²) in [6.07, 6.45) is 5.35. The van der Waals surface area contributed by atoms with Crippen LogP contribution in [0.25, 0.3) is 10.9 Å². The molecule has 2 amide bonds. The molecule has 10 nitrogen and oxygen atoms in total. The van der Waals surface area contributed by atoms with E-state index in [1.807, 2.05) is 6.07 Å². The molecule has 3 aromatic rings. The zero-order chi connectivity index (χ0) is 26.6. The lowest BCUT2D eigenvalue weighted by Gasteiger charge is -2.16. The Bertz CT molecular complexity index is 1250. The Labute approximate surface area is 215 Å². The summed E-state index contributed by atoms with van der Waals surface area (Å²) in [5.41, 5.74) is 9.96. The van der Waals surface area contributed by atoms with Gasteiger partial charge in [0.15, 0.2) is 6.29 Å². The highest BCUT2D eigenvalue weighted by atomic mass is 16.4. The number of hydrogen-bond acceptors (Lipinski definition) is 6. The number of nitrogens with one attached hydrogen (secondary N) is 3. The molecule has 196 valence electrons. The van der Waals surface area contributed by atoms with Crippen LogP contribution in [0.4, 0.5) is 0 Å². The number of aryl methyl sites for hydroxylation is 1. The molecule has 4 rings (SSSR count). The monoisotopic (exact) mass is 507 g/mol. The molecule has 0 saturated carbocycles. The summed E-state index contributed by atoms with van der Waals surface area (Å²) in [4.78, 5) is 51.2. The molecule has 3 heterocycles. The molecular formula is C27H33N5O5. The lowest BCUT2D eigenvalue weighted by Crippen LogP contribution is -2.25. The maximum absolute atomic E-state index is 11.6. The molecule has 10 heteroatoms. The molecule has 1 aromatic carbocycles. The van der Waals surface area contributed by atoms with Crippen LogP contribution in [0, 0.1) is 0 Å². The number of rotatable bonds is 11. The van der Waals surface area contributed by atoms with Crippen molar-refractivity contribution in [3.8, 4) is 0 Å². The van der Waals surface area contributed by atoms with Gasteiger partial charge in [0.2, 0.25) is 5.91 Å². The Balaban J connectivity index is 0.000000231. The molecule has 0 unspecified atom stereocenters. The Morgan fingerprint density at radius 1 is 1.08 bits per heavy atom. The van der Waals surface area contributed by atoms with E-state index in [-0.39, 0.29) is 18.0 Å². The molecule has 0 atom stereocenters. The van der Waals surface area contributed by atoms with Crippen molar-refractivity contribution in [2.75, 3.05) is 13.1 Å². The fraction of sp³-hybridized carbons (Fsp3) is 0.370. The molecular weight excluding hydrogens is 474 g/mol. The topological polar surface area (TPSA) is 167 Å². The Kier molecular flexibility index (Phi) is 10.3. The van der Waals surface area contributed by atoms with Crippen molar-refractivity contribution in [2.24, 2.45) is 5.73 Å². The van der Waals surface area contributed by atoms with Crippen LogP contribution < -0.4 is 16.4 Å². The van der Waals surface area contributed by atoms with Crippen LogP contribution in [0.1, 0.15) is 69.9 Å². The van der Waals surface area contributed by atoms with Crippen molar-refractivity contribution < 1.29 is 24.3 Å². The van der Waals surface area contributed by atoms with Crippen LogP contribution in [-0.2, 0) is 29.0 Å². The standard InChI is InChI=1S/C17H25N3O3.C10H8N2O2/c21-16(19-10-3-6-17(22)23)5-2-1-4-14-8-7-13-12-18-11-9-15(13)20-14;11-10(14)9-7(5-13)6-3-1-2-4-8(6)12-9/h7-8,18H,1-6,9-12H2,(H,19,21)(H,22,23);1-5,12H,(H2,11,14). The number of benzene rings is 1. The number of aldehydes is 1. The largest absolute Gasteiger partial charge is 0.481 e. The van der Waals surface area contributed by atoms with Gasteiger partial charge in [-0.3, -0.25) is 24.2 Å². The maximum atomic E-state index is 11.6. The third-order valence-electron chi connectivity index (χ3n) is 6.07. The summed E-state index contributed by atoms with van der Waals surface area (Å²) in [5.74, 6) is -1.45. The predicted octanol–water partition coefficient (Wildman–Crippen LogP) is 2.50. The van der Waals surface area contributed by atoms with Crippen LogP contribution >= 0.6 is 0 Å². The fourth-order valence-electron chi connectivity index (χ4n) is 4.15. The van der Waals surface area contributed by atoms with Crippen molar-refractivity contribution in [3.05, 3.63) is 64.6 Å². The van der Waals surface area contributed by atoms with E-state index in [0.717, 1.165) is 55.4 Å². The number of carboxylic acid groups (broad SMARTS) is 1. The van der Waals surface area contributed by atoms with Gasteiger partial charge < -0.3 is 26.5 Å². The van der Waals surface area contributed by atoms with Gasteiger partial charge in [-0.05, 0) is 43.4 Å². The summed E-state index contributed by atoms with van der Waals surface area (Å²) in [6.45, 7) is 2.34. The first-order chi connectivity index (χ1) is 17.9. The average molecular weight is 508 g/mol. The second-order valence-electron chi connectivity index (χ2n) is 8.83. The molecule has 0 bridgehead atoms. The number of aliphatic carboxylic acids is 1. The molecule has 0 saturated heterocycles. The number of carboxylic acids is 1. The quantitative estimate of drug-likeness (QED) is 0.196. The predicted molar refractivity (Wildman–Crippen MR) is 139 cm³/mol. The smallest absolute Gasteiger partial charge is 0.303 e. The second-order valence-corrected chi connectivity index (χ2v) is 8.83. The van der Waals surface area contributed by atoms with Crippen LogP contribution in [0.3, 0.4) is 0 Å². The van der Waals surface area contributed by atoms with E-state index in [1.54, 1.807) is 18.2 Å². The minimum absolute atomic E-state index is 0.000127. The zero-order valence-electron chi connectivity index (χ0n) is 20.7. The normalized spacial score (nSPS) is 12.2. The minimum Gasteiger partial charge on any atom is -0.481 e. The molecule has 1 aliphatic rings. The number of primary amides is 1. The van der Waals surface area contributed by atoms with Gasteiger partial charge in [0, 0.05) is 61.2 Å². The lowest BCUT2D eigenvalue weighted by atomic mass is 10.0. The van der Waals surface area contributed by atoms with Crippen molar-refractivity contribution in [1.82, 2.24) is 20.6 Å². The molecule has 0 radical (unpaired) electrons. The zero-order valence-corrected chi connectivity index (χ0v) is 20.7. The number of pyridine rings is 1. The molecule has 0 aliphatic carbocycles. The van der Waals surface area contributed by atoms with E-state index in [1.165, 1.54) is 11.3 Å². The van der Waals surface area contributed by atoms with E-state index in [0.29, 0.717) is 31.2 Å². The molecule has 0 fully saturated rings. The maximum Gasteiger partial charge on any atom is 0.303 e. The Hall–Kier alpha value is -4.05. The SMILES string of the molecule is NC(=O)c1[nH]c2ccccc2c1C=O.O=C(O)CCCNC(=O)CCCCc1ccc2c(n1)CCNC2. The lowest BCUT2D eigenvalue weighted by molar-refractivity contribution is -0.137. The first-order valence-electron chi connectivity index (χ1n) is 12.4. The Morgan fingerprint density at radius 3 is 2.65 bits per heavy atom. The van der Waals surface area contributed by atoms with E-state index in [4.69, 9.17) is 15.8 Å². The van der Waals surface area contributed by atoms with Gasteiger partial charge in [0.05, 0.1) is 5.56 Å². The number of carbonyl (C=O) groups excluding carboxylic acids is 3. The number of carbonyl (C=O) groups is 4. The number of aromatic amines is 1. The highest BCUT2D eigenvalue weighted by molar-refractivity contribution is 6.09. The van der Waals surface area contributed by atoms with E-state index in [9.17, 15) is 19.2 Å². The average Bonchev–Trinajstić information content (AvgIpc) is 3.28. The number of aromatic nitrogens is 2. The van der Waals surface area contributed by atoms with Crippen LogP contribution in [-0.4, -0.2) is 52.2 Å². The van der Waals surface area contributed by atoms with Gasteiger partial charge in [-0.1, -0.05) is 24.3 Å². The van der Waals surface area contributed by atoms with E-state index in [2.05, 4.69) is 27.8 Å². The van der Waals surface area contributed by atoms with Crippen LogP contribution in [0.15, 0.2) is 36.4 Å². The molecule has 6 N–H and O–H groups in total. The first kappa shape index (κ1) is 27.5. The Morgan fingerprint density at radius 2 is 1.89 bits per heavy atom. The minimum atomic E-state index is -0.826. The van der Waals surface area contributed by atoms with Crippen molar-refractivity contribution in [1.29, 1.82) is 0 Å². The molecule has 2 aromatic heterocycles. The van der Waals surface area contributed by atoms with Gasteiger partial charge in [0.25, 0.3) is 5.91 Å². The van der Waals surface area contributed by atoms with Gasteiger partial charge >= 0.3 is 5.97 Å². The van der Waals surface area contributed by atoms with Gasteiger partial charge in [-0.25, -0.2) is 0 Å². The number of nitrogens with two attached hydrogens (primary N) is 1. The third-order valence-corrected chi connectivity index (χ3v) is 6.07. The van der Waals surface area contributed by atoms with E-state index < -0.39 is 11.9 Å². The van der Waals surface area contributed by atoms with Crippen molar-refractivity contribution in [2.45, 2.75) is 51.5 Å².